The number of hydrogen-bond acceptors (Lipinski definition) is 2. The molecule has 3 unspecified atom stereocenters. The number of benzene rings is 1. The van der Waals surface area contributed by atoms with Gasteiger partial charge in [0.25, 0.3) is 0 Å². The Hall–Kier alpha value is -1.02. The van der Waals surface area contributed by atoms with Crippen molar-refractivity contribution in [1.82, 2.24) is 5.32 Å². The molecule has 0 amide bonds. The molecule has 2 fully saturated rings. The summed E-state index contributed by atoms with van der Waals surface area (Å²) in [5.74, 6) is 2.96. The molecule has 15 heavy (non-hydrogen) atoms. The van der Waals surface area contributed by atoms with Crippen LogP contribution in [0.15, 0.2) is 30.3 Å². The molecule has 1 aromatic carbocycles. The van der Waals surface area contributed by atoms with Crippen molar-refractivity contribution >= 4 is 0 Å². The fraction of sp³-hybridized carbons (Fsp3) is 0.538. The van der Waals surface area contributed by atoms with Gasteiger partial charge in [0, 0.05) is 6.04 Å². The number of piperidine rings is 1. The van der Waals surface area contributed by atoms with Crippen LogP contribution in [0.1, 0.15) is 12.8 Å². The zero-order valence-corrected chi connectivity index (χ0v) is 8.86. The van der Waals surface area contributed by atoms with Gasteiger partial charge in [0.1, 0.15) is 12.4 Å². The van der Waals surface area contributed by atoms with Crippen LogP contribution in [0.5, 0.6) is 5.75 Å². The van der Waals surface area contributed by atoms with Crippen LogP contribution in [0.25, 0.3) is 0 Å². The van der Waals surface area contributed by atoms with Gasteiger partial charge < -0.3 is 10.1 Å². The predicted octanol–water partition coefficient (Wildman–Crippen LogP) is 2.06. The lowest BCUT2D eigenvalue weighted by Gasteiger charge is -2.23. The zero-order valence-electron chi connectivity index (χ0n) is 8.86. The first-order chi connectivity index (χ1) is 7.42. The molecule has 3 atom stereocenters. The Labute approximate surface area is 90.6 Å². The fourth-order valence-corrected chi connectivity index (χ4v) is 2.46. The van der Waals surface area contributed by atoms with Crippen molar-refractivity contribution in [3.8, 4) is 5.75 Å². The molecule has 1 N–H and O–H groups in total. The van der Waals surface area contributed by atoms with Gasteiger partial charge in [-0.15, -0.1) is 0 Å². The van der Waals surface area contributed by atoms with Gasteiger partial charge in [-0.25, -0.2) is 0 Å². The molecule has 0 radical (unpaired) electrons. The Morgan fingerprint density at radius 2 is 2.00 bits per heavy atom. The first-order valence-corrected chi connectivity index (χ1v) is 5.83. The summed E-state index contributed by atoms with van der Waals surface area (Å²) in [6.07, 6.45) is 2.74. The molecule has 2 heteroatoms. The van der Waals surface area contributed by atoms with Crippen molar-refractivity contribution in [3.63, 3.8) is 0 Å². The number of fused-ring (bicyclic) bond motifs is 1. The molecule has 1 heterocycles. The van der Waals surface area contributed by atoms with E-state index in [1.165, 1.54) is 19.4 Å². The Bertz CT molecular complexity index is 325. The van der Waals surface area contributed by atoms with Gasteiger partial charge in [0.05, 0.1) is 0 Å². The number of hydrogen-bond donors (Lipinski definition) is 1. The van der Waals surface area contributed by atoms with E-state index < -0.39 is 0 Å². The van der Waals surface area contributed by atoms with Gasteiger partial charge >= 0.3 is 0 Å². The van der Waals surface area contributed by atoms with E-state index >= 15 is 0 Å². The number of ether oxygens (including phenoxy) is 1. The van der Waals surface area contributed by atoms with Crippen LogP contribution in [-0.2, 0) is 0 Å². The summed E-state index contributed by atoms with van der Waals surface area (Å²) in [6, 6.07) is 10.6. The summed E-state index contributed by atoms with van der Waals surface area (Å²) in [6.45, 7) is 2.01. The third kappa shape index (κ3) is 2.15. The maximum Gasteiger partial charge on any atom is 0.119 e. The summed E-state index contributed by atoms with van der Waals surface area (Å²) in [5.41, 5.74) is 0. The minimum absolute atomic E-state index is 0.564. The second-order valence-electron chi connectivity index (χ2n) is 4.72. The highest BCUT2D eigenvalue weighted by Gasteiger charge is 2.41. The van der Waals surface area contributed by atoms with E-state index in [1.807, 2.05) is 30.3 Å². The van der Waals surface area contributed by atoms with Crippen molar-refractivity contribution in [2.75, 3.05) is 13.2 Å². The topological polar surface area (TPSA) is 21.3 Å². The summed E-state index contributed by atoms with van der Waals surface area (Å²) in [4.78, 5) is 0. The Morgan fingerprint density at radius 1 is 1.13 bits per heavy atom. The standard InChI is InChI=1S/C13H17NO/c1-2-4-13(5-3-1)15-9-12-7-10-6-11(10)8-14-12/h1-5,10-12,14H,6-9H2. The quantitative estimate of drug-likeness (QED) is 0.812. The highest BCUT2D eigenvalue weighted by atomic mass is 16.5. The van der Waals surface area contributed by atoms with Crippen molar-refractivity contribution in [1.29, 1.82) is 0 Å². The molecule has 80 valence electrons. The van der Waals surface area contributed by atoms with Gasteiger partial charge in [-0.1, -0.05) is 18.2 Å². The minimum atomic E-state index is 0.564. The van der Waals surface area contributed by atoms with Crippen LogP contribution < -0.4 is 10.1 Å². The molecule has 0 aromatic heterocycles. The molecule has 1 aliphatic heterocycles. The molecule has 3 rings (SSSR count). The number of rotatable bonds is 3. The highest BCUT2D eigenvalue weighted by Crippen LogP contribution is 2.44. The van der Waals surface area contributed by atoms with Crippen LogP contribution in [-0.4, -0.2) is 19.2 Å². The molecule has 0 spiro atoms. The highest BCUT2D eigenvalue weighted by molar-refractivity contribution is 5.21. The summed E-state index contributed by atoms with van der Waals surface area (Å²) < 4.78 is 5.75. The minimum Gasteiger partial charge on any atom is -0.492 e. The van der Waals surface area contributed by atoms with E-state index in [9.17, 15) is 0 Å². The van der Waals surface area contributed by atoms with Crippen molar-refractivity contribution < 1.29 is 4.74 Å². The van der Waals surface area contributed by atoms with E-state index in [2.05, 4.69) is 5.32 Å². The second kappa shape index (κ2) is 3.86. The van der Waals surface area contributed by atoms with Crippen LogP contribution in [0.4, 0.5) is 0 Å². The summed E-state index contributed by atoms with van der Waals surface area (Å²) in [7, 11) is 0. The molecule has 1 aromatic rings. The van der Waals surface area contributed by atoms with Gasteiger partial charge in [-0.2, -0.15) is 0 Å². The van der Waals surface area contributed by atoms with Gasteiger partial charge in [0.2, 0.25) is 0 Å². The molecule has 1 saturated heterocycles. The monoisotopic (exact) mass is 203 g/mol. The van der Waals surface area contributed by atoms with E-state index in [-0.39, 0.29) is 0 Å². The first-order valence-electron chi connectivity index (χ1n) is 5.83. The van der Waals surface area contributed by atoms with Gasteiger partial charge in [-0.3, -0.25) is 0 Å². The molecule has 2 aliphatic rings. The van der Waals surface area contributed by atoms with E-state index in [4.69, 9.17) is 4.74 Å². The van der Waals surface area contributed by atoms with Crippen molar-refractivity contribution in [3.05, 3.63) is 30.3 Å². The third-order valence-electron chi connectivity index (χ3n) is 3.52. The van der Waals surface area contributed by atoms with E-state index in [0.29, 0.717) is 6.04 Å². The lowest BCUT2D eigenvalue weighted by atomic mass is 10.1. The Balaban J connectivity index is 1.49. The van der Waals surface area contributed by atoms with Crippen molar-refractivity contribution in [2.45, 2.75) is 18.9 Å². The largest absolute Gasteiger partial charge is 0.492 e. The predicted molar refractivity (Wildman–Crippen MR) is 59.9 cm³/mol. The number of nitrogens with one attached hydrogen (secondary N) is 1. The SMILES string of the molecule is c1ccc(OCC2CC3CC3CN2)cc1. The molecular formula is C13H17NO. The average Bonchev–Trinajstić information content (AvgIpc) is 3.06. The van der Waals surface area contributed by atoms with Gasteiger partial charge in [-0.05, 0) is 43.4 Å². The fourth-order valence-electron chi connectivity index (χ4n) is 2.46. The smallest absolute Gasteiger partial charge is 0.119 e. The summed E-state index contributed by atoms with van der Waals surface area (Å²) >= 11 is 0. The van der Waals surface area contributed by atoms with Crippen molar-refractivity contribution in [2.24, 2.45) is 11.8 Å². The lowest BCUT2D eigenvalue weighted by Crippen LogP contribution is -2.39. The maximum absolute atomic E-state index is 5.75. The van der Waals surface area contributed by atoms with Crippen LogP contribution >= 0.6 is 0 Å². The van der Waals surface area contributed by atoms with Crippen LogP contribution in [0.3, 0.4) is 0 Å². The lowest BCUT2D eigenvalue weighted by molar-refractivity contribution is 0.234. The molecule has 0 bridgehead atoms. The van der Waals surface area contributed by atoms with Crippen LogP contribution in [0.2, 0.25) is 0 Å². The maximum atomic E-state index is 5.75. The Kier molecular flexibility index (Phi) is 2.37. The first kappa shape index (κ1) is 9.22. The summed E-state index contributed by atoms with van der Waals surface area (Å²) in [5, 5.41) is 3.56. The van der Waals surface area contributed by atoms with E-state index in [0.717, 1.165) is 24.2 Å². The third-order valence-corrected chi connectivity index (χ3v) is 3.52. The van der Waals surface area contributed by atoms with E-state index in [1.54, 1.807) is 0 Å². The molecular weight excluding hydrogens is 186 g/mol. The molecule has 1 saturated carbocycles. The second-order valence-corrected chi connectivity index (χ2v) is 4.72. The Morgan fingerprint density at radius 3 is 2.80 bits per heavy atom. The van der Waals surface area contributed by atoms with Crippen LogP contribution in [0, 0.1) is 11.8 Å². The molecule has 2 nitrogen and oxygen atoms in total. The molecule has 1 aliphatic carbocycles. The average molecular weight is 203 g/mol. The van der Waals surface area contributed by atoms with Gasteiger partial charge in [0.15, 0.2) is 0 Å². The normalized spacial score (nSPS) is 33.2. The number of para-hydroxylation sites is 1. The zero-order chi connectivity index (χ0) is 10.1.